The smallest absolute Gasteiger partial charge is 0.246 e. The average Bonchev–Trinajstić information content (AvgIpc) is 3.40. The first-order valence-corrected chi connectivity index (χ1v) is 10.9. The number of amides is 1. The summed E-state index contributed by atoms with van der Waals surface area (Å²) < 4.78 is 15.8. The van der Waals surface area contributed by atoms with Crippen LogP contribution in [0.25, 0.3) is 0 Å². The number of carbonyl (C=O) groups is 2. The van der Waals surface area contributed by atoms with Gasteiger partial charge in [-0.1, -0.05) is 18.2 Å². The van der Waals surface area contributed by atoms with Gasteiger partial charge in [-0.05, 0) is 11.6 Å². The number of ketones is 1. The van der Waals surface area contributed by atoms with E-state index in [4.69, 9.17) is 14.2 Å². The Morgan fingerprint density at radius 3 is 2.47 bits per heavy atom. The second-order valence-electron chi connectivity index (χ2n) is 7.92. The Labute approximate surface area is 198 Å². The van der Waals surface area contributed by atoms with E-state index < -0.39 is 6.04 Å². The lowest BCUT2D eigenvalue weighted by Gasteiger charge is -2.26. The Bertz CT molecular complexity index is 1120. The molecular formula is C25H28N4O5. The summed E-state index contributed by atoms with van der Waals surface area (Å²) in [6.07, 6.45) is 0.592. The van der Waals surface area contributed by atoms with Gasteiger partial charge in [-0.15, -0.1) is 0 Å². The lowest BCUT2D eigenvalue weighted by molar-refractivity contribution is -0.124. The monoisotopic (exact) mass is 464 g/mol. The lowest BCUT2D eigenvalue weighted by Crippen LogP contribution is -2.45. The molecule has 1 fully saturated rings. The largest absolute Gasteiger partial charge is 0.497 e. The van der Waals surface area contributed by atoms with Crippen LogP contribution in [-0.4, -0.2) is 65.1 Å². The Kier molecular flexibility index (Phi) is 6.83. The van der Waals surface area contributed by atoms with Crippen LogP contribution in [0, 0.1) is 0 Å². The van der Waals surface area contributed by atoms with Gasteiger partial charge in [0, 0.05) is 56.7 Å². The first-order chi connectivity index (χ1) is 16.5. The Hall–Kier alpha value is -3.85. The third-order valence-corrected chi connectivity index (χ3v) is 5.88. The number of hydrogen-bond donors (Lipinski definition) is 2. The van der Waals surface area contributed by atoms with Gasteiger partial charge in [0.15, 0.2) is 5.78 Å². The molecule has 0 saturated carbocycles. The fraction of sp³-hybridized carbons (Fsp3) is 0.320. The van der Waals surface area contributed by atoms with Gasteiger partial charge in [-0.3, -0.25) is 14.6 Å². The molecular weight excluding hydrogens is 436 g/mol. The van der Waals surface area contributed by atoms with E-state index in [0.717, 1.165) is 16.9 Å². The second-order valence-corrected chi connectivity index (χ2v) is 7.92. The molecule has 9 nitrogen and oxygen atoms in total. The highest BCUT2D eigenvalue weighted by molar-refractivity contribution is 6.36. The van der Waals surface area contributed by atoms with Crippen LogP contribution in [0.15, 0.2) is 58.7 Å². The van der Waals surface area contributed by atoms with E-state index >= 15 is 0 Å². The van der Waals surface area contributed by atoms with Gasteiger partial charge in [-0.25, -0.2) is 0 Å². The van der Waals surface area contributed by atoms with Crippen LogP contribution >= 0.6 is 0 Å². The molecule has 2 aromatic carbocycles. The number of allylic oxidation sites excluding steroid dienone is 1. The maximum atomic E-state index is 13.8. The van der Waals surface area contributed by atoms with Crippen LogP contribution in [0.5, 0.6) is 11.5 Å². The summed E-state index contributed by atoms with van der Waals surface area (Å²) in [5.41, 5.74) is 4.05. The highest BCUT2D eigenvalue weighted by atomic mass is 16.5. The van der Waals surface area contributed by atoms with Crippen molar-refractivity contribution in [3.63, 3.8) is 0 Å². The van der Waals surface area contributed by atoms with E-state index in [1.807, 2.05) is 41.3 Å². The van der Waals surface area contributed by atoms with Crippen molar-refractivity contribution in [2.75, 3.05) is 51.7 Å². The summed E-state index contributed by atoms with van der Waals surface area (Å²) in [5.74, 6) is 1.23. The molecule has 178 valence electrons. The van der Waals surface area contributed by atoms with Gasteiger partial charge in [0.1, 0.15) is 30.0 Å². The van der Waals surface area contributed by atoms with Gasteiger partial charge in [-0.2, -0.15) is 0 Å². The molecule has 1 amide bonds. The summed E-state index contributed by atoms with van der Waals surface area (Å²) in [7, 11) is 6.24. The molecule has 4 rings (SSSR count). The molecule has 2 N–H and O–H groups in total. The predicted octanol–water partition coefficient (Wildman–Crippen LogP) is 2.17. The number of rotatable bonds is 7. The zero-order valence-electron chi connectivity index (χ0n) is 19.7. The molecule has 0 aliphatic carbocycles. The number of nitrogens with one attached hydrogen (secondary N) is 2. The van der Waals surface area contributed by atoms with Crippen molar-refractivity contribution < 1.29 is 23.8 Å². The van der Waals surface area contributed by atoms with Crippen molar-refractivity contribution in [1.29, 1.82) is 0 Å². The highest BCUT2D eigenvalue weighted by Gasteiger charge is 2.44. The minimum Gasteiger partial charge on any atom is -0.497 e. The number of hydrogen-bond acceptors (Lipinski definition) is 7. The highest BCUT2D eigenvalue weighted by Crippen LogP contribution is 2.38. The van der Waals surface area contributed by atoms with Crippen LogP contribution in [0.3, 0.4) is 0 Å². The maximum Gasteiger partial charge on any atom is 0.246 e. The van der Waals surface area contributed by atoms with Crippen molar-refractivity contribution in [2.45, 2.75) is 12.5 Å². The van der Waals surface area contributed by atoms with Crippen LogP contribution in [0.4, 0.5) is 11.4 Å². The van der Waals surface area contributed by atoms with E-state index in [0.29, 0.717) is 35.0 Å². The van der Waals surface area contributed by atoms with Gasteiger partial charge >= 0.3 is 0 Å². The molecule has 1 saturated heterocycles. The number of para-hydroxylation sites is 1. The van der Waals surface area contributed by atoms with Crippen molar-refractivity contribution in [2.24, 2.45) is 4.99 Å². The predicted molar refractivity (Wildman–Crippen MR) is 130 cm³/mol. The second kappa shape index (κ2) is 9.96. The van der Waals surface area contributed by atoms with Crippen LogP contribution in [-0.2, 0) is 20.7 Å². The number of anilines is 2. The first-order valence-electron chi connectivity index (χ1n) is 10.9. The summed E-state index contributed by atoms with van der Waals surface area (Å²) in [4.78, 5) is 32.3. The molecule has 34 heavy (non-hydrogen) atoms. The molecule has 2 aliphatic heterocycles. The SMILES string of the molecule is CN=C1C(=C2Cc3ccccc3N2)C(=O)[C@H](CNC(=O)COC)N1c1cc(OC)cc(OC)c1. The van der Waals surface area contributed by atoms with Crippen molar-refractivity contribution in [1.82, 2.24) is 5.32 Å². The Morgan fingerprint density at radius 2 is 1.85 bits per heavy atom. The van der Waals surface area contributed by atoms with Gasteiger partial charge in [0.25, 0.3) is 0 Å². The normalized spacial score (nSPS) is 20.4. The van der Waals surface area contributed by atoms with Crippen molar-refractivity contribution in [3.05, 3.63) is 59.3 Å². The van der Waals surface area contributed by atoms with Crippen molar-refractivity contribution >= 4 is 28.9 Å². The lowest BCUT2D eigenvalue weighted by atomic mass is 10.0. The number of amidine groups is 1. The molecule has 0 unspecified atom stereocenters. The molecule has 0 spiro atoms. The van der Waals surface area contributed by atoms with Crippen LogP contribution in [0.1, 0.15) is 5.56 Å². The molecule has 0 radical (unpaired) electrons. The molecule has 2 heterocycles. The Morgan fingerprint density at radius 1 is 1.15 bits per heavy atom. The molecule has 2 aliphatic rings. The topological polar surface area (TPSA) is 101 Å². The van der Waals surface area contributed by atoms with E-state index in [2.05, 4.69) is 15.6 Å². The number of fused-ring (bicyclic) bond motifs is 1. The molecule has 1 atom stereocenters. The summed E-state index contributed by atoms with van der Waals surface area (Å²) in [6, 6.07) is 12.6. The van der Waals surface area contributed by atoms with Crippen molar-refractivity contribution in [3.8, 4) is 11.5 Å². The summed E-state index contributed by atoms with van der Waals surface area (Å²) in [6.45, 7) is -0.00324. The summed E-state index contributed by atoms with van der Waals surface area (Å²) >= 11 is 0. The average molecular weight is 465 g/mol. The number of aliphatic imine (C=N–C) groups is 1. The minimum atomic E-state index is -0.704. The Balaban J connectivity index is 1.79. The van der Waals surface area contributed by atoms with Crippen LogP contribution in [0.2, 0.25) is 0 Å². The van der Waals surface area contributed by atoms with Gasteiger partial charge < -0.3 is 29.7 Å². The molecule has 0 bridgehead atoms. The number of benzene rings is 2. The van der Waals surface area contributed by atoms with Crippen LogP contribution < -0.4 is 25.0 Å². The van der Waals surface area contributed by atoms with E-state index in [1.54, 1.807) is 27.3 Å². The van der Waals surface area contributed by atoms with E-state index in [-0.39, 0.29) is 24.8 Å². The number of methoxy groups -OCH3 is 3. The van der Waals surface area contributed by atoms with Gasteiger partial charge in [0.2, 0.25) is 5.91 Å². The number of Topliss-reactive ketones (excluding diaryl/α,β-unsaturated/α-hetero) is 1. The third kappa shape index (κ3) is 4.34. The molecule has 2 aromatic rings. The maximum absolute atomic E-state index is 13.8. The standard InChI is InChI=1S/C25H28N4O5/c1-26-25-23(20-9-15-7-5-6-8-19(15)28-20)24(31)21(13-27-22(30)14-32-2)29(25)16-10-17(33-3)12-18(11-16)34-4/h5-8,10-12,21,28H,9,13-14H2,1-4H3,(H,27,30)/t21-/m0/s1. The first kappa shape index (κ1) is 23.3. The quantitative estimate of drug-likeness (QED) is 0.606. The third-order valence-electron chi connectivity index (χ3n) is 5.88. The minimum absolute atomic E-state index is 0.0866. The zero-order chi connectivity index (χ0) is 24.2. The fourth-order valence-corrected chi connectivity index (χ4v) is 4.32. The molecule has 9 heteroatoms. The summed E-state index contributed by atoms with van der Waals surface area (Å²) in [5, 5.41) is 6.19. The molecule has 0 aromatic heterocycles. The van der Waals surface area contributed by atoms with E-state index in [9.17, 15) is 9.59 Å². The number of nitrogens with zero attached hydrogens (tertiary/aromatic N) is 2. The number of ether oxygens (including phenoxy) is 3. The van der Waals surface area contributed by atoms with Gasteiger partial charge in [0.05, 0.1) is 25.5 Å². The van der Waals surface area contributed by atoms with E-state index in [1.165, 1.54) is 7.11 Å². The number of carbonyl (C=O) groups excluding carboxylic acids is 2. The zero-order valence-corrected chi connectivity index (χ0v) is 19.7. The fourth-order valence-electron chi connectivity index (χ4n) is 4.32.